The SMILES string of the molecule is CSCC(C)N(C)c1nc(Cl)nc2ccccc12. The van der Waals surface area contributed by atoms with E-state index >= 15 is 0 Å². The number of rotatable bonds is 4. The second-order valence-electron chi connectivity index (χ2n) is 4.25. The van der Waals surface area contributed by atoms with Gasteiger partial charge in [-0.15, -0.1) is 0 Å². The van der Waals surface area contributed by atoms with E-state index in [4.69, 9.17) is 11.6 Å². The fraction of sp³-hybridized carbons (Fsp3) is 0.385. The largest absolute Gasteiger partial charge is 0.355 e. The van der Waals surface area contributed by atoms with E-state index in [1.807, 2.05) is 43.1 Å². The number of benzene rings is 1. The van der Waals surface area contributed by atoms with E-state index in [1.165, 1.54) is 0 Å². The van der Waals surface area contributed by atoms with Crippen molar-refractivity contribution in [2.24, 2.45) is 0 Å². The van der Waals surface area contributed by atoms with E-state index in [0.717, 1.165) is 22.5 Å². The monoisotopic (exact) mass is 281 g/mol. The number of nitrogens with zero attached hydrogens (tertiary/aromatic N) is 3. The van der Waals surface area contributed by atoms with Crippen molar-refractivity contribution < 1.29 is 0 Å². The first-order valence-electron chi connectivity index (χ1n) is 5.77. The van der Waals surface area contributed by atoms with Crippen molar-refractivity contribution in [1.29, 1.82) is 0 Å². The minimum absolute atomic E-state index is 0.298. The molecule has 0 aliphatic rings. The molecule has 0 fully saturated rings. The second-order valence-corrected chi connectivity index (χ2v) is 5.50. The number of anilines is 1. The number of hydrogen-bond donors (Lipinski definition) is 0. The number of para-hydroxylation sites is 1. The molecule has 1 unspecified atom stereocenters. The molecule has 0 aliphatic carbocycles. The van der Waals surface area contributed by atoms with Crippen LogP contribution in [-0.2, 0) is 0 Å². The Labute approximate surface area is 117 Å². The Kier molecular flexibility index (Phi) is 4.30. The average Bonchev–Trinajstić information content (AvgIpc) is 2.37. The highest BCUT2D eigenvalue weighted by Crippen LogP contribution is 2.26. The molecule has 0 saturated heterocycles. The van der Waals surface area contributed by atoms with Gasteiger partial charge in [-0.1, -0.05) is 12.1 Å². The number of thioether (sulfide) groups is 1. The summed E-state index contributed by atoms with van der Waals surface area (Å²) in [6, 6.07) is 8.34. The molecule has 0 saturated carbocycles. The Bertz CT molecular complexity index is 547. The lowest BCUT2D eigenvalue weighted by Gasteiger charge is -2.26. The molecular formula is C13H16ClN3S. The van der Waals surface area contributed by atoms with Crippen molar-refractivity contribution >= 4 is 40.1 Å². The third-order valence-electron chi connectivity index (χ3n) is 2.96. The van der Waals surface area contributed by atoms with E-state index in [9.17, 15) is 0 Å². The van der Waals surface area contributed by atoms with Crippen LogP contribution in [0.3, 0.4) is 0 Å². The first kappa shape index (κ1) is 13.4. The normalized spacial score (nSPS) is 12.7. The van der Waals surface area contributed by atoms with Gasteiger partial charge >= 0.3 is 0 Å². The summed E-state index contributed by atoms with van der Waals surface area (Å²) in [6.07, 6.45) is 2.11. The summed E-state index contributed by atoms with van der Waals surface area (Å²) < 4.78 is 0. The maximum absolute atomic E-state index is 6.00. The van der Waals surface area contributed by atoms with Gasteiger partial charge in [-0.25, -0.2) is 4.98 Å². The number of fused-ring (bicyclic) bond motifs is 1. The van der Waals surface area contributed by atoms with Crippen LogP contribution in [0, 0.1) is 0 Å². The molecule has 2 rings (SSSR count). The molecule has 0 N–H and O–H groups in total. The highest BCUT2D eigenvalue weighted by atomic mass is 35.5. The van der Waals surface area contributed by atoms with Gasteiger partial charge in [0, 0.05) is 24.2 Å². The van der Waals surface area contributed by atoms with E-state index in [2.05, 4.69) is 28.0 Å². The Morgan fingerprint density at radius 2 is 2.06 bits per heavy atom. The molecule has 18 heavy (non-hydrogen) atoms. The predicted molar refractivity (Wildman–Crippen MR) is 80.8 cm³/mol. The molecular weight excluding hydrogens is 266 g/mol. The van der Waals surface area contributed by atoms with Crippen molar-refractivity contribution in [3.63, 3.8) is 0 Å². The molecule has 0 spiro atoms. The molecule has 96 valence electrons. The molecule has 1 atom stereocenters. The topological polar surface area (TPSA) is 29.0 Å². The molecule has 5 heteroatoms. The van der Waals surface area contributed by atoms with Crippen molar-refractivity contribution in [1.82, 2.24) is 9.97 Å². The zero-order valence-corrected chi connectivity index (χ0v) is 12.3. The zero-order chi connectivity index (χ0) is 13.1. The lowest BCUT2D eigenvalue weighted by molar-refractivity contribution is 0.756. The molecule has 0 bridgehead atoms. The quantitative estimate of drug-likeness (QED) is 0.803. The van der Waals surface area contributed by atoms with Gasteiger partial charge in [0.05, 0.1) is 5.52 Å². The summed E-state index contributed by atoms with van der Waals surface area (Å²) in [7, 11) is 2.05. The van der Waals surface area contributed by atoms with Crippen LogP contribution in [0.5, 0.6) is 0 Å². The Balaban J connectivity index is 2.49. The lowest BCUT2D eigenvalue weighted by atomic mass is 10.2. The van der Waals surface area contributed by atoms with Crippen LogP contribution in [0.2, 0.25) is 5.28 Å². The van der Waals surface area contributed by atoms with E-state index in [0.29, 0.717) is 11.3 Å². The van der Waals surface area contributed by atoms with Crippen molar-refractivity contribution in [2.75, 3.05) is 24.0 Å². The maximum Gasteiger partial charge on any atom is 0.224 e. The molecule has 2 aromatic rings. The van der Waals surface area contributed by atoms with Crippen LogP contribution < -0.4 is 4.90 Å². The van der Waals surface area contributed by atoms with Gasteiger partial charge in [0.2, 0.25) is 5.28 Å². The summed E-state index contributed by atoms with van der Waals surface area (Å²) in [5.41, 5.74) is 0.885. The first-order chi connectivity index (χ1) is 8.63. The minimum atomic E-state index is 0.298. The van der Waals surface area contributed by atoms with Gasteiger partial charge in [-0.05, 0) is 36.9 Å². The van der Waals surface area contributed by atoms with Gasteiger partial charge in [-0.2, -0.15) is 16.7 Å². The molecule has 0 amide bonds. The zero-order valence-electron chi connectivity index (χ0n) is 10.7. The number of halogens is 1. The third-order valence-corrected chi connectivity index (χ3v) is 3.94. The van der Waals surface area contributed by atoms with Crippen LogP contribution in [-0.4, -0.2) is 35.1 Å². The van der Waals surface area contributed by atoms with Gasteiger partial charge in [-0.3, -0.25) is 0 Å². The minimum Gasteiger partial charge on any atom is -0.355 e. The molecule has 0 aliphatic heterocycles. The van der Waals surface area contributed by atoms with Crippen LogP contribution in [0.15, 0.2) is 24.3 Å². The summed E-state index contributed by atoms with van der Waals surface area (Å²) in [4.78, 5) is 10.8. The van der Waals surface area contributed by atoms with E-state index in [-0.39, 0.29) is 0 Å². The number of aromatic nitrogens is 2. The number of hydrogen-bond acceptors (Lipinski definition) is 4. The van der Waals surface area contributed by atoms with Crippen molar-refractivity contribution in [2.45, 2.75) is 13.0 Å². The lowest BCUT2D eigenvalue weighted by Crippen LogP contribution is -2.31. The van der Waals surface area contributed by atoms with Gasteiger partial charge in [0.25, 0.3) is 0 Å². The molecule has 0 radical (unpaired) electrons. The van der Waals surface area contributed by atoms with Gasteiger partial charge < -0.3 is 4.90 Å². The van der Waals surface area contributed by atoms with Crippen LogP contribution in [0.25, 0.3) is 10.9 Å². The molecule has 1 aromatic carbocycles. The van der Waals surface area contributed by atoms with Crippen LogP contribution in [0.4, 0.5) is 5.82 Å². The maximum atomic E-state index is 6.00. The standard InChI is InChI=1S/C13H16ClN3S/c1-9(8-18-3)17(2)12-10-6-4-5-7-11(10)15-13(14)16-12/h4-7,9H,8H2,1-3H3. The van der Waals surface area contributed by atoms with Crippen molar-refractivity contribution in [3.8, 4) is 0 Å². The smallest absolute Gasteiger partial charge is 0.224 e. The summed E-state index contributed by atoms with van der Waals surface area (Å²) in [5, 5.41) is 1.34. The first-order valence-corrected chi connectivity index (χ1v) is 7.54. The van der Waals surface area contributed by atoms with Crippen molar-refractivity contribution in [3.05, 3.63) is 29.5 Å². The van der Waals surface area contributed by atoms with E-state index in [1.54, 1.807) is 0 Å². The fourth-order valence-electron chi connectivity index (χ4n) is 1.86. The fourth-order valence-corrected chi connectivity index (χ4v) is 2.74. The van der Waals surface area contributed by atoms with Gasteiger partial charge in [0.15, 0.2) is 0 Å². The summed E-state index contributed by atoms with van der Waals surface area (Å²) in [5.74, 6) is 1.94. The van der Waals surface area contributed by atoms with E-state index < -0.39 is 0 Å². The van der Waals surface area contributed by atoms with Gasteiger partial charge in [0.1, 0.15) is 5.82 Å². The Hall–Kier alpha value is -1.00. The average molecular weight is 282 g/mol. The molecule has 1 aromatic heterocycles. The summed E-state index contributed by atoms with van der Waals surface area (Å²) in [6.45, 7) is 2.18. The third kappa shape index (κ3) is 2.70. The Morgan fingerprint density at radius 1 is 1.33 bits per heavy atom. The molecule has 3 nitrogen and oxygen atoms in total. The molecule has 1 heterocycles. The Morgan fingerprint density at radius 3 is 2.78 bits per heavy atom. The highest BCUT2D eigenvalue weighted by molar-refractivity contribution is 7.98. The van der Waals surface area contributed by atoms with Crippen LogP contribution in [0.1, 0.15) is 6.92 Å². The highest BCUT2D eigenvalue weighted by Gasteiger charge is 2.15. The van der Waals surface area contributed by atoms with Crippen LogP contribution >= 0.6 is 23.4 Å². The second kappa shape index (κ2) is 5.76. The predicted octanol–water partition coefficient (Wildman–Crippen LogP) is 3.47. The summed E-state index contributed by atoms with van der Waals surface area (Å²) >= 11 is 7.82.